The number of nitrogens with zero attached hydrogens (tertiary/aromatic N) is 3. The minimum absolute atomic E-state index is 0.0335. The van der Waals surface area contributed by atoms with E-state index in [9.17, 15) is 8.42 Å². The lowest BCUT2D eigenvalue weighted by molar-refractivity contribution is 0.113. The second-order valence-electron chi connectivity index (χ2n) is 7.65. The summed E-state index contributed by atoms with van der Waals surface area (Å²) in [6.07, 6.45) is 0. The van der Waals surface area contributed by atoms with Crippen LogP contribution >= 0.6 is 11.6 Å². The van der Waals surface area contributed by atoms with E-state index in [0.29, 0.717) is 11.6 Å². The normalized spacial score (nSPS) is 17.2. The maximum absolute atomic E-state index is 12.8. The van der Waals surface area contributed by atoms with Crippen molar-refractivity contribution in [3.05, 3.63) is 59.1 Å². The maximum atomic E-state index is 12.8. The molecule has 0 aromatic heterocycles. The van der Waals surface area contributed by atoms with Crippen LogP contribution in [0.3, 0.4) is 0 Å². The zero-order chi connectivity index (χ0) is 21.0. The van der Waals surface area contributed by atoms with Crippen LogP contribution in [-0.4, -0.2) is 72.1 Å². The summed E-state index contributed by atoms with van der Waals surface area (Å²) >= 11 is 5.98. The van der Waals surface area contributed by atoms with E-state index in [2.05, 4.69) is 50.7 Å². The van der Waals surface area contributed by atoms with Crippen LogP contribution in [0.2, 0.25) is 5.02 Å². The molecule has 0 bridgehead atoms. The van der Waals surface area contributed by atoms with Crippen molar-refractivity contribution in [1.82, 2.24) is 14.5 Å². The van der Waals surface area contributed by atoms with Crippen molar-refractivity contribution in [2.24, 2.45) is 0 Å². The molecule has 1 aliphatic heterocycles. The van der Waals surface area contributed by atoms with Crippen molar-refractivity contribution < 1.29 is 8.42 Å². The molecule has 0 amide bonds. The lowest BCUT2D eigenvalue weighted by atomic mass is 10.0. The van der Waals surface area contributed by atoms with E-state index < -0.39 is 10.0 Å². The first kappa shape index (κ1) is 22.1. The van der Waals surface area contributed by atoms with Crippen LogP contribution in [0.5, 0.6) is 0 Å². The van der Waals surface area contributed by atoms with Gasteiger partial charge in [0.1, 0.15) is 0 Å². The first-order chi connectivity index (χ1) is 13.8. The van der Waals surface area contributed by atoms with Gasteiger partial charge in [-0.3, -0.25) is 4.90 Å². The van der Waals surface area contributed by atoms with Gasteiger partial charge in [0.05, 0.1) is 4.90 Å². The van der Waals surface area contributed by atoms with Gasteiger partial charge in [0.25, 0.3) is 0 Å². The van der Waals surface area contributed by atoms with E-state index in [1.807, 2.05) is 14.1 Å². The van der Waals surface area contributed by atoms with E-state index in [-0.39, 0.29) is 10.9 Å². The van der Waals surface area contributed by atoms with Crippen molar-refractivity contribution >= 4 is 27.3 Å². The number of rotatable bonds is 7. The van der Waals surface area contributed by atoms with E-state index in [0.717, 1.165) is 37.4 Å². The first-order valence-corrected chi connectivity index (χ1v) is 11.6. The monoisotopic (exact) mass is 436 g/mol. The number of hydrogen-bond donors (Lipinski definition) is 1. The van der Waals surface area contributed by atoms with Crippen LogP contribution < -0.4 is 9.62 Å². The van der Waals surface area contributed by atoms with Gasteiger partial charge in [-0.05, 0) is 42.9 Å². The highest BCUT2D eigenvalue weighted by Gasteiger charge is 2.26. The molecule has 2 aromatic carbocycles. The lowest BCUT2D eigenvalue weighted by Crippen LogP contribution is -2.48. The summed E-state index contributed by atoms with van der Waals surface area (Å²) in [4.78, 5) is 6.88. The van der Waals surface area contributed by atoms with E-state index in [1.54, 1.807) is 18.2 Å². The molecule has 0 saturated carbocycles. The third-order valence-corrected chi connectivity index (χ3v) is 7.00. The van der Waals surface area contributed by atoms with Crippen molar-refractivity contribution in [3.8, 4) is 0 Å². The lowest BCUT2D eigenvalue weighted by Gasteiger charge is -2.38. The van der Waals surface area contributed by atoms with Gasteiger partial charge >= 0.3 is 0 Å². The van der Waals surface area contributed by atoms with Crippen molar-refractivity contribution in [3.63, 3.8) is 0 Å². The van der Waals surface area contributed by atoms with Crippen molar-refractivity contribution in [2.75, 3.05) is 58.8 Å². The molecule has 1 saturated heterocycles. The second kappa shape index (κ2) is 9.45. The molecule has 1 heterocycles. The summed E-state index contributed by atoms with van der Waals surface area (Å²) in [5, 5.41) is 0.405. The molecule has 158 valence electrons. The summed E-state index contributed by atoms with van der Waals surface area (Å²) in [7, 11) is 2.49. The Morgan fingerprint density at radius 1 is 1.07 bits per heavy atom. The fourth-order valence-corrected chi connectivity index (χ4v) is 4.83. The molecule has 2 aromatic rings. The second-order valence-corrected chi connectivity index (χ2v) is 9.85. The number of piperazine rings is 1. The molecular formula is C21H29ClN4O2S. The standard InChI is InChI=1S/C21H29ClN4O2S/c1-24(2)19-9-7-17(8-10-19)21(26-13-11-25(3)12-14-26)16-23-29(27,28)20-6-4-5-18(22)15-20/h4-10,15,21,23H,11-14,16H2,1-3H3. The summed E-state index contributed by atoms with van der Waals surface area (Å²) in [5.74, 6) is 0. The van der Waals surface area contributed by atoms with Gasteiger partial charge in [-0.2, -0.15) is 0 Å². The molecule has 1 unspecified atom stereocenters. The van der Waals surface area contributed by atoms with E-state index in [1.165, 1.54) is 6.07 Å². The molecule has 6 nitrogen and oxygen atoms in total. The third-order valence-electron chi connectivity index (χ3n) is 5.35. The summed E-state index contributed by atoms with van der Waals surface area (Å²) in [6, 6.07) is 14.6. The van der Waals surface area contributed by atoms with Crippen LogP contribution in [0.15, 0.2) is 53.4 Å². The molecule has 1 N–H and O–H groups in total. The van der Waals surface area contributed by atoms with Gasteiger partial charge in [-0.15, -0.1) is 0 Å². The minimum atomic E-state index is -3.64. The van der Waals surface area contributed by atoms with Crippen LogP contribution in [0.1, 0.15) is 11.6 Å². The predicted molar refractivity (Wildman–Crippen MR) is 119 cm³/mol. The van der Waals surface area contributed by atoms with Crippen molar-refractivity contribution in [1.29, 1.82) is 0 Å². The van der Waals surface area contributed by atoms with Gasteiger partial charge in [0.2, 0.25) is 10.0 Å². The van der Waals surface area contributed by atoms with Gasteiger partial charge in [0, 0.05) is 63.6 Å². The maximum Gasteiger partial charge on any atom is 0.240 e. The molecule has 29 heavy (non-hydrogen) atoms. The summed E-state index contributed by atoms with van der Waals surface area (Å²) < 4.78 is 28.4. The van der Waals surface area contributed by atoms with E-state index in [4.69, 9.17) is 11.6 Å². The number of anilines is 1. The van der Waals surface area contributed by atoms with Gasteiger partial charge < -0.3 is 9.80 Å². The molecule has 1 aliphatic rings. The van der Waals surface area contributed by atoms with Crippen LogP contribution in [-0.2, 0) is 10.0 Å². The molecule has 8 heteroatoms. The number of sulfonamides is 1. The number of likely N-dealkylation sites (N-methyl/N-ethyl adjacent to an activating group) is 1. The van der Waals surface area contributed by atoms with Gasteiger partial charge in [-0.1, -0.05) is 29.8 Å². The Morgan fingerprint density at radius 2 is 1.72 bits per heavy atom. The Kier molecular flexibility index (Phi) is 7.19. The summed E-state index contributed by atoms with van der Waals surface area (Å²) in [6.45, 7) is 4.03. The number of nitrogens with one attached hydrogen (secondary N) is 1. The number of hydrogen-bond acceptors (Lipinski definition) is 5. The Morgan fingerprint density at radius 3 is 2.31 bits per heavy atom. The van der Waals surface area contributed by atoms with Crippen LogP contribution in [0.25, 0.3) is 0 Å². The molecule has 0 radical (unpaired) electrons. The Balaban J connectivity index is 1.81. The largest absolute Gasteiger partial charge is 0.378 e. The topological polar surface area (TPSA) is 55.9 Å². The third kappa shape index (κ3) is 5.71. The average Bonchev–Trinajstić information content (AvgIpc) is 2.70. The zero-order valence-electron chi connectivity index (χ0n) is 17.2. The molecule has 0 aliphatic carbocycles. The quantitative estimate of drug-likeness (QED) is 0.723. The van der Waals surface area contributed by atoms with Crippen LogP contribution in [0, 0.1) is 0 Å². The zero-order valence-corrected chi connectivity index (χ0v) is 18.7. The predicted octanol–water partition coefficient (Wildman–Crippen LogP) is 2.67. The minimum Gasteiger partial charge on any atom is -0.378 e. The first-order valence-electron chi connectivity index (χ1n) is 9.71. The molecule has 0 spiro atoms. The highest BCUT2D eigenvalue weighted by Crippen LogP contribution is 2.25. The Hall–Kier alpha value is -1.64. The molecular weight excluding hydrogens is 408 g/mol. The fourth-order valence-electron chi connectivity index (χ4n) is 3.49. The van der Waals surface area contributed by atoms with Crippen LogP contribution in [0.4, 0.5) is 5.69 Å². The smallest absolute Gasteiger partial charge is 0.240 e. The van der Waals surface area contributed by atoms with Gasteiger partial charge in [0.15, 0.2) is 0 Å². The Bertz CT molecular complexity index is 911. The Labute approximate surface area is 179 Å². The molecule has 1 atom stereocenters. The highest BCUT2D eigenvalue weighted by atomic mass is 35.5. The fraction of sp³-hybridized carbons (Fsp3) is 0.429. The highest BCUT2D eigenvalue weighted by molar-refractivity contribution is 7.89. The molecule has 3 rings (SSSR count). The molecule has 1 fully saturated rings. The van der Waals surface area contributed by atoms with Crippen molar-refractivity contribution in [2.45, 2.75) is 10.9 Å². The summed E-state index contributed by atoms with van der Waals surface area (Å²) in [5.41, 5.74) is 2.22. The van der Waals surface area contributed by atoms with Gasteiger partial charge in [-0.25, -0.2) is 13.1 Å². The van der Waals surface area contributed by atoms with E-state index >= 15 is 0 Å². The SMILES string of the molecule is CN1CCN(C(CNS(=O)(=O)c2cccc(Cl)c2)c2ccc(N(C)C)cc2)CC1. The number of benzene rings is 2. The number of halogens is 1. The average molecular weight is 437 g/mol.